The van der Waals surface area contributed by atoms with Crippen LogP contribution in [-0.2, 0) is 0 Å². The van der Waals surface area contributed by atoms with Gasteiger partial charge in [0.15, 0.2) is 0 Å². The van der Waals surface area contributed by atoms with Gasteiger partial charge >= 0.3 is 0 Å². The van der Waals surface area contributed by atoms with Crippen molar-refractivity contribution in [3.05, 3.63) is 102 Å². The number of nitrogens with zero attached hydrogens (tertiary/aromatic N) is 2. The van der Waals surface area contributed by atoms with Gasteiger partial charge in [0.25, 0.3) is 5.91 Å². The van der Waals surface area contributed by atoms with Crippen LogP contribution in [0, 0.1) is 13.8 Å². The minimum atomic E-state index is -0.167. The second kappa shape index (κ2) is 8.07. The van der Waals surface area contributed by atoms with Gasteiger partial charge in [-0.05, 0) is 60.5 Å². The highest BCUT2D eigenvalue weighted by Gasteiger charge is 2.12. The molecule has 142 valence electrons. The van der Waals surface area contributed by atoms with Crippen LogP contribution in [0.3, 0.4) is 0 Å². The first-order valence-electron chi connectivity index (χ1n) is 9.48. The average Bonchev–Trinajstić information content (AvgIpc) is 2.74. The minimum Gasteiger partial charge on any atom is -0.320 e. The summed E-state index contributed by atoms with van der Waals surface area (Å²) in [4.78, 5) is 13.0. The smallest absolute Gasteiger partial charge is 0.256 e. The zero-order chi connectivity index (χ0) is 20.2. The van der Waals surface area contributed by atoms with Gasteiger partial charge < -0.3 is 5.32 Å². The van der Waals surface area contributed by atoms with Crippen LogP contribution < -0.4 is 5.32 Å². The number of carbonyl (C=O) groups excluding carboxylic acids is 1. The van der Waals surface area contributed by atoms with Gasteiger partial charge in [-0.1, -0.05) is 60.2 Å². The lowest BCUT2D eigenvalue weighted by molar-refractivity contribution is 0.102. The standard InChI is InChI=1S/C25H21N3O/c1-17-10-13-20(14-11-17)27-28-23-15-12-18(2)16-24(23)26-25(29)22-9-5-7-19-6-3-4-8-21(19)22/h3-16H,1-2H3,(H,26,29). The molecule has 29 heavy (non-hydrogen) atoms. The molecule has 4 rings (SSSR count). The number of azo groups is 1. The predicted octanol–water partition coefficient (Wildman–Crippen LogP) is 7.12. The van der Waals surface area contributed by atoms with E-state index in [1.165, 1.54) is 5.56 Å². The van der Waals surface area contributed by atoms with Crippen LogP contribution in [0.2, 0.25) is 0 Å². The number of hydrogen-bond donors (Lipinski definition) is 1. The zero-order valence-corrected chi connectivity index (χ0v) is 16.4. The van der Waals surface area contributed by atoms with E-state index in [9.17, 15) is 4.79 Å². The van der Waals surface area contributed by atoms with Gasteiger partial charge in [-0.25, -0.2) is 0 Å². The van der Waals surface area contributed by atoms with Crippen LogP contribution in [0.4, 0.5) is 17.1 Å². The summed E-state index contributed by atoms with van der Waals surface area (Å²) >= 11 is 0. The summed E-state index contributed by atoms with van der Waals surface area (Å²) in [7, 11) is 0. The van der Waals surface area contributed by atoms with Gasteiger partial charge in [-0.2, -0.15) is 5.11 Å². The van der Waals surface area contributed by atoms with Crippen molar-refractivity contribution in [3.63, 3.8) is 0 Å². The molecule has 0 bridgehead atoms. The maximum atomic E-state index is 13.0. The molecule has 0 saturated heterocycles. The molecule has 1 amide bonds. The van der Waals surface area contributed by atoms with Crippen LogP contribution in [0.25, 0.3) is 10.8 Å². The van der Waals surface area contributed by atoms with E-state index in [0.717, 1.165) is 22.0 Å². The number of carbonyl (C=O) groups is 1. The van der Waals surface area contributed by atoms with Crippen molar-refractivity contribution in [2.45, 2.75) is 13.8 Å². The molecule has 0 aliphatic carbocycles. The van der Waals surface area contributed by atoms with Crippen molar-refractivity contribution in [1.82, 2.24) is 0 Å². The highest BCUT2D eigenvalue weighted by molar-refractivity contribution is 6.13. The number of hydrogen-bond acceptors (Lipinski definition) is 3. The zero-order valence-electron chi connectivity index (χ0n) is 16.4. The second-order valence-electron chi connectivity index (χ2n) is 7.04. The molecule has 0 unspecified atom stereocenters. The summed E-state index contributed by atoms with van der Waals surface area (Å²) in [6.45, 7) is 4.01. The molecule has 0 saturated carbocycles. The number of nitrogens with one attached hydrogen (secondary N) is 1. The van der Waals surface area contributed by atoms with Crippen molar-refractivity contribution in [1.29, 1.82) is 0 Å². The van der Waals surface area contributed by atoms with Gasteiger partial charge in [-0.15, -0.1) is 5.11 Å². The Labute approximate surface area is 169 Å². The molecule has 4 nitrogen and oxygen atoms in total. The molecule has 0 heterocycles. The van der Waals surface area contributed by atoms with Crippen molar-refractivity contribution in [2.75, 3.05) is 5.32 Å². The molecule has 1 N–H and O–H groups in total. The fraction of sp³-hybridized carbons (Fsp3) is 0.0800. The van der Waals surface area contributed by atoms with Gasteiger partial charge in [0.05, 0.1) is 11.4 Å². The van der Waals surface area contributed by atoms with Crippen molar-refractivity contribution < 1.29 is 4.79 Å². The summed E-state index contributed by atoms with van der Waals surface area (Å²) in [6.07, 6.45) is 0. The number of fused-ring (bicyclic) bond motifs is 1. The number of aryl methyl sites for hydroxylation is 2. The van der Waals surface area contributed by atoms with E-state index in [1.54, 1.807) is 0 Å². The molecule has 0 spiro atoms. The predicted molar refractivity (Wildman–Crippen MR) is 118 cm³/mol. The average molecular weight is 379 g/mol. The Balaban J connectivity index is 1.65. The fourth-order valence-corrected chi connectivity index (χ4v) is 3.17. The largest absolute Gasteiger partial charge is 0.320 e. The Kier molecular flexibility index (Phi) is 5.16. The lowest BCUT2D eigenvalue weighted by atomic mass is 10.0. The maximum absolute atomic E-state index is 13.0. The Bertz CT molecular complexity index is 1210. The molecule has 0 aliphatic rings. The first kappa shape index (κ1) is 18.6. The van der Waals surface area contributed by atoms with Crippen molar-refractivity contribution in [2.24, 2.45) is 10.2 Å². The van der Waals surface area contributed by atoms with Crippen molar-refractivity contribution >= 4 is 33.7 Å². The van der Waals surface area contributed by atoms with E-state index >= 15 is 0 Å². The van der Waals surface area contributed by atoms with Crippen molar-refractivity contribution in [3.8, 4) is 0 Å². The quantitative estimate of drug-likeness (QED) is 0.377. The van der Waals surface area contributed by atoms with Gasteiger partial charge in [0.1, 0.15) is 5.69 Å². The van der Waals surface area contributed by atoms with Crippen LogP contribution in [0.5, 0.6) is 0 Å². The molecule has 0 aromatic heterocycles. The SMILES string of the molecule is Cc1ccc(N=Nc2ccc(C)cc2NC(=O)c2cccc3ccccc23)cc1. The third-order valence-electron chi connectivity index (χ3n) is 4.74. The van der Waals surface area contributed by atoms with Gasteiger partial charge in [0.2, 0.25) is 0 Å². The fourth-order valence-electron chi connectivity index (χ4n) is 3.17. The summed E-state index contributed by atoms with van der Waals surface area (Å²) < 4.78 is 0. The number of anilines is 1. The third kappa shape index (κ3) is 4.22. The molecular formula is C25H21N3O. The Morgan fingerprint density at radius 2 is 1.48 bits per heavy atom. The Hall–Kier alpha value is -3.79. The first-order valence-corrected chi connectivity index (χ1v) is 9.48. The highest BCUT2D eigenvalue weighted by Crippen LogP contribution is 2.29. The topological polar surface area (TPSA) is 53.8 Å². The van der Waals surface area contributed by atoms with E-state index in [1.807, 2.05) is 98.8 Å². The summed E-state index contributed by atoms with van der Waals surface area (Å²) in [5.74, 6) is -0.167. The maximum Gasteiger partial charge on any atom is 0.256 e. The second-order valence-corrected chi connectivity index (χ2v) is 7.04. The van der Waals surface area contributed by atoms with E-state index < -0.39 is 0 Å². The van der Waals surface area contributed by atoms with Crippen LogP contribution in [0.15, 0.2) is 95.2 Å². The van der Waals surface area contributed by atoms with Gasteiger partial charge in [-0.3, -0.25) is 4.79 Å². The normalized spacial score (nSPS) is 11.1. The first-order chi connectivity index (χ1) is 14.1. The van der Waals surface area contributed by atoms with E-state index in [4.69, 9.17) is 0 Å². The summed E-state index contributed by atoms with van der Waals surface area (Å²) in [5.41, 5.74) is 4.85. The number of rotatable bonds is 4. The van der Waals surface area contributed by atoms with E-state index in [2.05, 4.69) is 15.5 Å². The van der Waals surface area contributed by atoms with Gasteiger partial charge in [0, 0.05) is 5.56 Å². The molecule has 4 aromatic carbocycles. The van der Waals surface area contributed by atoms with Crippen LogP contribution >= 0.6 is 0 Å². The monoisotopic (exact) mass is 379 g/mol. The molecule has 4 heteroatoms. The number of benzene rings is 4. The highest BCUT2D eigenvalue weighted by atomic mass is 16.1. The molecular weight excluding hydrogens is 358 g/mol. The van der Waals surface area contributed by atoms with E-state index in [-0.39, 0.29) is 5.91 Å². The molecule has 4 aromatic rings. The number of amides is 1. The van der Waals surface area contributed by atoms with E-state index in [0.29, 0.717) is 16.9 Å². The Morgan fingerprint density at radius 3 is 2.31 bits per heavy atom. The lowest BCUT2D eigenvalue weighted by Gasteiger charge is -2.10. The Morgan fingerprint density at radius 1 is 0.759 bits per heavy atom. The molecule has 0 atom stereocenters. The lowest BCUT2D eigenvalue weighted by Crippen LogP contribution is -2.12. The molecule has 0 fully saturated rings. The van der Waals surface area contributed by atoms with Crippen LogP contribution in [0.1, 0.15) is 21.5 Å². The molecule has 0 aliphatic heterocycles. The third-order valence-corrected chi connectivity index (χ3v) is 4.74. The minimum absolute atomic E-state index is 0.167. The molecule has 0 radical (unpaired) electrons. The van der Waals surface area contributed by atoms with Crippen LogP contribution in [-0.4, -0.2) is 5.91 Å². The summed E-state index contributed by atoms with van der Waals surface area (Å²) in [5, 5.41) is 13.6. The summed E-state index contributed by atoms with van der Waals surface area (Å²) in [6, 6.07) is 27.1.